The number of halogens is 2. The van der Waals surface area contributed by atoms with Gasteiger partial charge in [0.2, 0.25) is 0 Å². The van der Waals surface area contributed by atoms with Gasteiger partial charge in [0.25, 0.3) is 0 Å². The third kappa shape index (κ3) is 5.37. The van der Waals surface area contributed by atoms with Crippen molar-refractivity contribution in [3.63, 3.8) is 0 Å². The first-order valence-corrected chi connectivity index (χ1v) is 13.1. The van der Waals surface area contributed by atoms with Crippen LogP contribution in [-0.4, -0.2) is 21.6 Å². The van der Waals surface area contributed by atoms with E-state index >= 15 is 8.63 Å². The molecule has 4 aliphatic rings. The van der Waals surface area contributed by atoms with Crippen LogP contribution in [0, 0.1) is 34.6 Å². The van der Waals surface area contributed by atoms with Gasteiger partial charge in [-0.05, 0) is 69.2 Å². The minimum Gasteiger partial charge on any atom is -0.393 e. The van der Waals surface area contributed by atoms with Gasteiger partial charge in [0.1, 0.15) is 5.71 Å². The largest absolute Gasteiger partial charge is 2.00 e. The quantitative estimate of drug-likeness (QED) is 0.265. The van der Waals surface area contributed by atoms with Crippen molar-refractivity contribution in [1.82, 2.24) is 4.48 Å². The van der Waals surface area contributed by atoms with Crippen LogP contribution < -0.4 is 0 Å². The molecule has 2 fully saturated rings. The van der Waals surface area contributed by atoms with Gasteiger partial charge < -0.3 is 32.4 Å². The van der Waals surface area contributed by atoms with Crippen molar-refractivity contribution in [2.24, 2.45) is 5.92 Å². The van der Waals surface area contributed by atoms with Crippen molar-refractivity contribution >= 4 is 18.3 Å². The summed E-state index contributed by atoms with van der Waals surface area (Å²) in [6.07, 6.45) is 13.7. The zero-order valence-electron chi connectivity index (χ0n) is 23.4. The number of nitrogens with zero attached hydrogens (tertiary/aromatic N) is 2. The molecule has 5 rings (SSSR count). The Kier molecular flexibility index (Phi) is 13.2. The molecule has 2 saturated carbocycles. The van der Waals surface area contributed by atoms with Crippen LogP contribution in [0.25, 0.3) is 5.57 Å². The van der Waals surface area contributed by atoms with Gasteiger partial charge in [0.05, 0.1) is 0 Å². The van der Waals surface area contributed by atoms with Gasteiger partial charge in [-0.25, -0.2) is 0 Å². The molecule has 0 atom stereocenters. The molecular weight excluding hydrogens is 493 g/mol. The van der Waals surface area contributed by atoms with Gasteiger partial charge >= 0.3 is 24.0 Å². The van der Waals surface area contributed by atoms with E-state index in [-0.39, 0.29) is 39.3 Å². The predicted octanol–water partition coefficient (Wildman–Crippen LogP) is 9.50. The maximum absolute atomic E-state index is 16.0. The van der Waals surface area contributed by atoms with Crippen LogP contribution in [0.5, 0.6) is 0 Å². The fourth-order valence-electron chi connectivity index (χ4n) is 7.01. The van der Waals surface area contributed by atoms with E-state index in [4.69, 9.17) is 0 Å². The van der Waals surface area contributed by atoms with E-state index < -0.39 is 6.97 Å². The van der Waals surface area contributed by atoms with Crippen molar-refractivity contribution in [1.29, 1.82) is 0 Å². The average molecular weight is 544 g/mol. The second-order valence-electron chi connectivity index (χ2n) is 10.3. The summed E-state index contributed by atoms with van der Waals surface area (Å²) in [5, 5.41) is 0. The van der Waals surface area contributed by atoms with E-state index in [0.29, 0.717) is 5.92 Å². The molecule has 3 heterocycles. The molecule has 6 heteroatoms. The SMILES string of the molecule is C.C1CCCC1.CCC1=C(C)C2=C(C3CCCC3)c3c(C)c(CC)c(C)n3[B-](F)(F)[N+]2=C1C.[CH3-].[CH3-].[Fe+2]. The van der Waals surface area contributed by atoms with E-state index in [0.717, 1.165) is 70.8 Å². The van der Waals surface area contributed by atoms with Crippen LogP contribution in [0.3, 0.4) is 0 Å². The Labute approximate surface area is 232 Å². The minimum atomic E-state index is -3.87. The molecule has 0 bridgehead atoms. The molecule has 0 spiro atoms. The van der Waals surface area contributed by atoms with Crippen molar-refractivity contribution in [3.05, 3.63) is 54.2 Å². The summed E-state index contributed by atoms with van der Waals surface area (Å²) >= 11 is 0. The van der Waals surface area contributed by atoms with Crippen molar-refractivity contribution in [2.75, 3.05) is 0 Å². The van der Waals surface area contributed by atoms with Gasteiger partial charge in [-0.15, -0.1) is 0 Å². The van der Waals surface area contributed by atoms with E-state index in [1.165, 1.54) is 59.5 Å². The van der Waals surface area contributed by atoms with Gasteiger partial charge in [-0.1, -0.05) is 66.2 Å². The zero-order valence-corrected chi connectivity index (χ0v) is 24.5. The molecule has 1 aromatic heterocycles. The summed E-state index contributed by atoms with van der Waals surface area (Å²) in [4.78, 5) is 0. The molecule has 2 aliphatic carbocycles. The fraction of sp³-hybridized carbons (Fsp3) is 0.633. The Bertz CT molecular complexity index is 999. The minimum absolute atomic E-state index is 0. The molecule has 0 N–H and O–H groups in total. The number of fused-ring (bicyclic) bond motifs is 2. The summed E-state index contributed by atoms with van der Waals surface area (Å²) in [5.74, 6) is 0.393. The van der Waals surface area contributed by atoms with E-state index in [1.54, 1.807) is 0 Å². The first-order valence-electron chi connectivity index (χ1n) is 13.1. The summed E-state index contributed by atoms with van der Waals surface area (Å²) in [6, 6.07) is 0. The smallest absolute Gasteiger partial charge is 0.393 e. The summed E-state index contributed by atoms with van der Waals surface area (Å²) < 4.78 is 34.8. The van der Waals surface area contributed by atoms with Crippen LogP contribution in [0.2, 0.25) is 0 Å². The number of hydrogen-bond acceptors (Lipinski definition) is 0. The summed E-state index contributed by atoms with van der Waals surface area (Å²) in [7, 11) is 0. The summed E-state index contributed by atoms with van der Waals surface area (Å²) in [6.45, 7) is 8.17. The Hall–Kier alpha value is -1.13. The number of rotatable bonds is 3. The third-order valence-electron chi connectivity index (χ3n) is 8.55. The van der Waals surface area contributed by atoms with E-state index in [2.05, 4.69) is 27.7 Å². The van der Waals surface area contributed by atoms with Crippen LogP contribution in [0.15, 0.2) is 16.8 Å². The first-order chi connectivity index (χ1) is 15.3. The van der Waals surface area contributed by atoms with Crippen LogP contribution in [0.4, 0.5) is 8.63 Å². The number of allylic oxidation sites excluding steroid dienone is 3. The molecule has 1 aromatic rings. The van der Waals surface area contributed by atoms with Crippen LogP contribution in [0.1, 0.15) is 122 Å². The molecule has 0 amide bonds. The zero-order chi connectivity index (χ0) is 23.2. The fourth-order valence-corrected chi connectivity index (χ4v) is 7.01. The van der Waals surface area contributed by atoms with E-state index in [9.17, 15) is 0 Å². The third-order valence-corrected chi connectivity index (χ3v) is 8.55. The van der Waals surface area contributed by atoms with Gasteiger partial charge in [-0.2, -0.15) is 0 Å². The van der Waals surface area contributed by atoms with Gasteiger partial charge in [0.15, 0.2) is 5.70 Å². The summed E-state index contributed by atoms with van der Waals surface area (Å²) in [5.41, 5.74) is 8.69. The molecular formula is C30H51BF2FeN2. The molecule has 0 radical (unpaired) electrons. The maximum atomic E-state index is 16.0. The number of hydrogen-bond donors (Lipinski definition) is 0. The Morgan fingerprint density at radius 1 is 0.861 bits per heavy atom. The van der Waals surface area contributed by atoms with Crippen molar-refractivity contribution in [2.45, 2.75) is 120 Å². The Morgan fingerprint density at radius 3 is 1.81 bits per heavy atom. The topological polar surface area (TPSA) is 7.94 Å². The molecule has 206 valence electrons. The van der Waals surface area contributed by atoms with E-state index in [1.807, 2.05) is 13.8 Å². The van der Waals surface area contributed by atoms with Gasteiger partial charge in [-0.3, -0.25) is 0 Å². The Balaban J connectivity index is 0.00000122. The second kappa shape index (κ2) is 13.6. The molecule has 0 aromatic carbocycles. The predicted molar refractivity (Wildman–Crippen MR) is 152 cm³/mol. The molecule has 0 saturated heterocycles. The van der Waals surface area contributed by atoms with Crippen LogP contribution >= 0.6 is 0 Å². The normalized spacial score (nSPS) is 20.0. The van der Waals surface area contributed by atoms with Crippen molar-refractivity contribution < 1.29 is 30.2 Å². The Morgan fingerprint density at radius 2 is 1.36 bits per heavy atom. The molecule has 36 heavy (non-hydrogen) atoms. The monoisotopic (exact) mass is 544 g/mol. The van der Waals surface area contributed by atoms with Crippen LogP contribution in [-0.2, 0) is 23.5 Å². The number of aromatic nitrogens is 1. The van der Waals surface area contributed by atoms with Crippen molar-refractivity contribution in [3.8, 4) is 0 Å². The maximum Gasteiger partial charge on any atom is 2.00 e. The molecule has 2 nitrogen and oxygen atoms in total. The average Bonchev–Trinajstić information content (AvgIpc) is 3.54. The van der Waals surface area contributed by atoms with Gasteiger partial charge in [0, 0.05) is 29.3 Å². The first kappa shape index (κ1) is 34.9. The standard InChI is InChI=1S/C22H31BF2N2.C5H10.CH4.2CH3.Fe/c1-7-18-13(3)21-20(17-11-9-10-12-17)22-14(4)19(8-2)16(6)27(22)23(24,25)26(21)15(18)5;1-2-4-5-3-1;;;;/h17H,7-12H2,1-6H3;1-5H2;1H4;2*1H3;/q;;;2*-1;+2. The molecule has 0 unspecified atom stereocenters. The second-order valence-corrected chi connectivity index (χ2v) is 10.3. The molecule has 2 aliphatic heterocycles.